The normalized spacial score (nSPS) is 17.8. The molecule has 0 saturated carbocycles. The van der Waals surface area contributed by atoms with Crippen molar-refractivity contribution in [3.8, 4) is 0 Å². The van der Waals surface area contributed by atoms with Gasteiger partial charge in [-0.3, -0.25) is 0 Å². The van der Waals surface area contributed by atoms with Crippen molar-refractivity contribution in [3.05, 3.63) is 77.4 Å². The van der Waals surface area contributed by atoms with Crippen molar-refractivity contribution in [1.82, 2.24) is 5.32 Å². The fraction of sp³-hybridized carbons (Fsp3) is 0.176. The topological polar surface area (TPSA) is 12.0 Å². The van der Waals surface area contributed by atoms with Crippen molar-refractivity contribution in [2.24, 2.45) is 0 Å². The van der Waals surface area contributed by atoms with E-state index in [4.69, 9.17) is 0 Å². The molecule has 1 atom stereocenters. The van der Waals surface area contributed by atoms with Crippen molar-refractivity contribution in [3.63, 3.8) is 0 Å². The lowest BCUT2D eigenvalue weighted by atomic mass is 9.95. The fourth-order valence-electron chi connectivity index (χ4n) is 2.80. The van der Waals surface area contributed by atoms with Crippen molar-refractivity contribution in [2.75, 3.05) is 7.05 Å². The lowest BCUT2D eigenvalue weighted by Gasteiger charge is -2.16. The zero-order valence-electron chi connectivity index (χ0n) is 10.6. The van der Waals surface area contributed by atoms with Crippen LogP contribution in [-0.2, 0) is 6.42 Å². The van der Waals surface area contributed by atoms with E-state index < -0.39 is 0 Å². The maximum Gasteiger partial charge on any atom is 0.0364 e. The molecule has 2 aromatic carbocycles. The van der Waals surface area contributed by atoms with Gasteiger partial charge in [0.2, 0.25) is 0 Å². The van der Waals surface area contributed by atoms with E-state index in [2.05, 4.69) is 60.4 Å². The third-order valence-corrected chi connectivity index (χ3v) is 3.78. The summed E-state index contributed by atoms with van der Waals surface area (Å²) in [7, 11) is 2.03. The van der Waals surface area contributed by atoms with E-state index in [0.29, 0.717) is 6.04 Å². The van der Waals surface area contributed by atoms with E-state index in [9.17, 15) is 0 Å². The molecule has 2 aromatic rings. The predicted molar refractivity (Wildman–Crippen MR) is 76.5 cm³/mol. The van der Waals surface area contributed by atoms with Crippen LogP contribution in [0.1, 0.15) is 28.3 Å². The van der Waals surface area contributed by atoms with Crippen LogP contribution in [0.25, 0.3) is 5.57 Å². The van der Waals surface area contributed by atoms with Crippen LogP contribution in [0, 0.1) is 0 Å². The van der Waals surface area contributed by atoms with Crippen molar-refractivity contribution in [2.45, 2.75) is 12.5 Å². The van der Waals surface area contributed by atoms with Crippen LogP contribution >= 0.6 is 0 Å². The molecule has 1 unspecified atom stereocenters. The van der Waals surface area contributed by atoms with E-state index in [1.165, 1.54) is 22.3 Å². The van der Waals surface area contributed by atoms with Gasteiger partial charge in [-0.15, -0.1) is 0 Å². The Kier molecular flexibility index (Phi) is 2.77. The smallest absolute Gasteiger partial charge is 0.0364 e. The Hall–Kier alpha value is -1.86. The third-order valence-electron chi connectivity index (χ3n) is 3.78. The van der Waals surface area contributed by atoms with Crippen LogP contribution in [0.5, 0.6) is 0 Å². The molecule has 1 aliphatic rings. The maximum absolute atomic E-state index is 4.30. The Morgan fingerprint density at radius 1 is 1.00 bits per heavy atom. The molecule has 0 fully saturated rings. The first-order valence-electron chi connectivity index (χ1n) is 6.35. The molecule has 1 nitrogen and oxygen atoms in total. The minimum atomic E-state index is 0.363. The summed E-state index contributed by atoms with van der Waals surface area (Å²) in [5.41, 5.74) is 6.41. The standard InChI is InChI=1S/C17H17N/c1-12-14-8-4-3-7-13(14)11-17(18-2)16-10-6-5-9-15(12)16/h3-10,17-18H,1,11H2,2H3. The number of rotatable bonds is 1. The highest BCUT2D eigenvalue weighted by atomic mass is 14.9. The quantitative estimate of drug-likeness (QED) is 0.797. The number of nitrogens with one attached hydrogen (secondary N) is 1. The Bertz CT molecular complexity index is 598. The Morgan fingerprint density at radius 3 is 2.44 bits per heavy atom. The second kappa shape index (κ2) is 4.43. The molecule has 1 N–H and O–H groups in total. The van der Waals surface area contributed by atoms with Gasteiger partial charge in [0.05, 0.1) is 0 Å². The van der Waals surface area contributed by atoms with E-state index in [-0.39, 0.29) is 0 Å². The van der Waals surface area contributed by atoms with Crippen molar-refractivity contribution >= 4 is 5.57 Å². The van der Waals surface area contributed by atoms with Gasteiger partial charge in [-0.1, -0.05) is 55.1 Å². The zero-order chi connectivity index (χ0) is 12.5. The van der Waals surface area contributed by atoms with Crippen molar-refractivity contribution in [1.29, 1.82) is 0 Å². The Labute approximate surface area is 108 Å². The second-order valence-electron chi connectivity index (χ2n) is 4.77. The van der Waals surface area contributed by atoms with Gasteiger partial charge in [0.25, 0.3) is 0 Å². The SMILES string of the molecule is C=C1c2ccccc2CC(NC)c2ccccc21. The molecule has 0 saturated heterocycles. The van der Waals surface area contributed by atoms with Gasteiger partial charge in [0.15, 0.2) is 0 Å². The summed E-state index contributed by atoms with van der Waals surface area (Å²) in [5.74, 6) is 0. The van der Waals surface area contributed by atoms with Crippen LogP contribution in [0.4, 0.5) is 0 Å². The van der Waals surface area contributed by atoms with E-state index in [1.807, 2.05) is 7.05 Å². The van der Waals surface area contributed by atoms with Crippen LogP contribution in [-0.4, -0.2) is 7.05 Å². The molecule has 0 radical (unpaired) electrons. The van der Waals surface area contributed by atoms with Gasteiger partial charge in [-0.25, -0.2) is 0 Å². The van der Waals surface area contributed by atoms with E-state index in [0.717, 1.165) is 12.0 Å². The number of benzene rings is 2. The second-order valence-corrected chi connectivity index (χ2v) is 4.77. The summed E-state index contributed by atoms with van der Waals surface area (Å²) in [4.78, 5) is 0. The molecule has 1 aliphatic carbocycles. The lowest BCUT2D eigenvalue weighted by molar-refractivity contribution is 0.593. The van der Waals surface area contributed by atoms with Gasteiger partial charge in [-0.2, -0.15) is 0 Å². The fourth-order valence-corrected chi connectivity index (χ4v) is 2.80. The Morgan fingerprint density at radius 2 is 1.67 bits per heavy atom. The Balaban J connectivity index is 2.24. The summed E-state index contributed by atoms with van der Waals surface area (Å²) in [5, 5.41) is 3.42. The summed E-state index contributed by atoms with van der Waals surface area (Å²) in [6.07, 6.45) is 1.02. The monoisotopic (exact) mass is 235 g/mol. The number of hydrogen-bond acceptors (Lipinski definition) is 1. The van der Waals surface area contributed by atoms with Gasteiger partial charge < -0.3 is 5.32 Å². The molecule has 90 valence electrons. The summed E-state index contributed by atoms with van der Waals surface area (Å²) < 4.78 is 0. The first-order chi connectivity index (χ1) is 8.81. The minimum absolute atomic E-state index is 0.363. The molecule has 3 rings (SSSR count). The first-order valence-corrected chi connectivity index (χ1v) is 6.35. The van der Waals surface area contributed by atoms with Gasteiger partial charge >= 0.3 is 0 Å². The molecular formula is C17H17N. The molecule has 1 heteroatoms. The summed E-state index contributed by atoms with van der Waals surface area (Å²) in [6.45, 7) is 4.30. The molecule has 0 heterocycles. The highest BCUT2D eigenvalue weighted by molar-refractivity contribution is 5.82. The number of likely N-dealkylation sites (N-methyl/N-ethyl adjacent to an activating group) is 1. The summed E-state index contributed by atoms with van der Waals surface area (Å²) >= 11 is 0. The average molecular weight is 235 g/mol. The largest absolute Gasteiger partial charge is 0.313 e. The van der Waals surface area contributed by atoms with Crippen LogP contribution in [0.15, 0.2) is 55.1 Å². The highest BCUT2D eigenvalue weighted by Crippen LogP contribution is 2.36. The molecule has 0 aliphatic heterocycles. The maximum atomic E-state index is 4.30. The van der Waals surface area contributed by atoms with Crippen LogP contribution in [0.2, 0.25) is 0 Å². The van der Waals surface area contributed by atoms with Gasteiger partial charge in [-0.05, 0) is 41.3 Å². The number of hydrogen-bond donors (Lipinski definition) is 1. The molecule has 0 aromatic heterocycles. The molecular weight excluding hydrogens is 218 g/mol. The van der Waals surface area contributed by atoms with E-state index >= 15 is 0 Å². The average Bonchev–Trinajstić information content (AvgIpc) is 2.55. The summed E-state index contributed by atoms with van der Waals surface area (Å²) in [6, 6.07) is 17.5. The van der Waals surface area contributed by atoms with Crippen LogP contribution in [0.3, 0.4) is 0 Å². The van der Waals surface area contributed by atoms with Gasteiger partial charge in [0, 0.05) is 6.04 Å². The zero-order valence-corrected chi connectivity index (χ0v) is 10.6. The van der Waals surface area contributed by atoms with Gasteiger partial charge in [0.1, 0.15) is 0 Å². The third kappa shape index (κ3) is 1.68. The minimum Gasteiger partial charge on any atom is -0.313 e. The van der Waals surface area contributed by atoms with Crippen molar-refractivity contribution < 1.29 is 0 Å². The molecule has 18 heavy (non-hydrogen) atoms. The molecule has 0 bridgehead atoms. The number of fused-ring (bicyclic) bond motifs is 2. The molecule has 0 spiro atoms. The van der Waals surface area contributed by atoms with Crippen LogP contribution < -0.4 is 5.32 Å². The van der Waals surface area contributed by atoms with E-state index in [1.54, 1.807) is 0 Å². The molecule has 0 amide bonds. The first kappa shape index (κ1) is 11.2. The highest BCUT2D eigenvalue weighted by Gasteiger charge is 2.22. The lowest BCUT2D eigenvalue weighted by Crippen LogP contribution is -2.18. The predicted octanol–water partition coefficient (Wildman–Crippen LogP) is 3.56.